The third-order valence-electron chi connectivity index (χ3n) is 2.07. The van der Waals surface area contributed by atoms with Crippen LogP contribution in [0.25, 0.3) is 0 Å². The summed E-state index contributed by atoms with van der Waals surface area (Å²) in [6.45, 7) is 0. The Morgan fingerprint density at radius 3 is 1.43 bits per heavy atom. The van der Waals surface area contributed by atoms with E-state index in [-0.39, 0.29) is 7.21 Å². The van der Waals surface area contributed by atoms with Gasteiger partial charge in [0.15, 0.2) is 5.78 Å². The van der Waals surface area contributed by atoms with Gasteiger partial charge in [-0.2, -0.15) is 0 Å². The molecule has 0 bridgehead atoms. The third-order valence-corrected chi connectivity index (χ3v) is 2.07. The molecule has 14 heavy (non-hydrogen) atoms. The Morgan fingerprint density at radius 2 is 1.07 bits per heavy atom. The number of hydrogen-bond acceptors (Lipinski definition) is 1. The van der Waals surface area contributed by atoms with Crippen LogP contribution in [0.3, 0.4) is 0 Å². The Morgan fingerprint density at radius 1 is 0.714 bits per heavy atom. The van der Waals surface area contributed by atoms with Crippen LogP contribution in [0.1, 0.15) is 17.3 Å². The summed E-state index contributed by atoms with van der Waals surface area (Å²) in [7, 11) is 0. The molecule has 0 saturated heterocycles. The summed E-state index contributed by atoms with van der Waals surface area (Å²) in [4.78, 5) is 11.8. The van der Waals surface area contributed by atoms with E-state index >= 15 is 0 Å². The van der Waals surface area contributed by atoms with Gasteiger partial charge >= 0.3 is 0 Å². The molecule has 0 heterocycles. The first-order valence-corrected chi connectivity index (χ1v) is 4.53. The summed E-state index contributed by atoms with van der Waals surface area (Å²) < 4.78 is 0. The second-order valence-corrected chi connectivity index (χ2v) is 3.06. The van der Waals surface area contributed by atoms with Gasteiger partial charge in [0.25, 0.3) is 0 Å². The average Bonchev–Trinajstić information content (AvgIpc) is 2.30. The van der Waals surface area contributed by atoms with Gasteiger partial charge in [0, 0.05) is 12.6 Å². The number of carbonyl (C=O) groups excluding carboxylic acids is 1. The van der Waals surface area contributed by atoms with E-state index < -0.39 is 0 Å². The second-order valence-electron chi connectivity index (χ2n) is 3.06. The van der Waals surface area contributed by atoms with E-state index in [2.05, 4.69) is 0 Å². The minimum absolute atomic E-state index is 0. The topological polar surface area (TPSA) is 17.1 Å². The lowest BCUT2D eigenvalue weighted by molar-refractivity contribution is 0.103. The first kappa shape index (κ1) is 8.70. The molecule has 0 radical (unpaired) electrons. The number of ketones is 1. The lowest BCUT2D eigenvalue weighted by Crippen LogP contribution is -1.99. The van der Waals surface area contributed by atoms with Gasteiger partial charge in [-0.25, -0.2) is 0 Å². The molecule has 0 N–H and O–H groups in total. The highest BCUT2D eigenvalue weighted by Crippen LogP contribution is 2.08. The molecule has 0 aliphatic heterocycles. The molecule has 70 valence electrons. The lowest BCUT2D eigenvalue weighted by atomic mass is 10.0. The third kappa shape index (κ3) is 1.72. The average molecular weight is 184 g/mol. The zero-order chi connectivity index (χ0) is 9.80. The molecule has 0 atom stereocenters. The van der Waals surface area contributed by atoms with Crippen molar-refractivity contribution in [2.45, 2.75) is 0 Å². The van der Waals surface area contributed by atoms with Crippen LogP contribution in [-0.2, 0) is 0 Å². The number of hydrogen-bond donors (Lipinski definition) is 0. The Kier molecular flexibility index (Phi) is 2.41. The summed E-state index contributed by atoms with van der Waals surface area (Å²) in [6.07, 6.45) is 0. The fraction of sp³-hybridized carbons (Fsp3) is 0. The predicted molar refractivity (Wildman–Crippen MR) is 58.4 cm³/mol. The lowest BCUT2D eigenvalue weighted by Gasteiger charge is -1.99. The molecular formula is C13H12O. The van der Waals surface area contributed by atoms with Crippen molar-refractivity contribution in [2.24, 2.45) is 0 Å². The van der Waals surface area contributed by atoms with Crippen LogP contribution in [0.2, 0.25) is 0 Å². The Hall–Kier alpha value is -1.89. The standard InChI is InChI=1S/C13H10O.H2/c14-13(11-7-3-1-4-8-11)12-9-5-2-6-10-12;/h1-10H;1H. The monoisotopic (exact) mass is 184 g/mol. The van der Waals surface area contributed by atoms with Crippen molar-refractivity contribution in [3.63, 3.8) is 0 Å². The van der Waals surface area contributed by atoms with Gasteiger partial charge in [0.1, 0.15) is 0 Å². The zero-order valence-corrected chi connectivity index (χ0v) is 7.68. The highest BCUT2D eigenvalue weighted by atomic mass is 16.1. The Balaban J connectivity index is 0.00000112. The Bertz CT molecular complexity index is 381. The summed E-state index contributed by atoms with van der Waals surface area (Å²) >= 11 is 0. The Labute approximate surface area is 84.5 Å². The first-order valence-electron chi connectivity index (χ1n) is 4.53. The molecule has 2 aromatic carbocycles. The van der Waals surface area contributed by atoms with Crippen LogP contribution in [0.5, 0.6) is 0 Å². The summed E-state index contributed by atoms with van der Waals surface area (Å²) in [5, 5.41) is 0. The largest absolute Gasteiger partial charge is 0.289 e. The molecule has 0 spiro atoms. The van der Waals surface area contributed by atoms with E-state index in [1.807, 2.05) is 60.7 Å². The summed E-state index contributed by atoms with van der Waals surface area (Å²) in [6, 6.07) is 18.6. The van der Waals surface area contributed by atoms with Crippen LogP contribution >= 0.6 is 0 Å². The highest BCUT2D eigenvalue weighted by Gasteiger charge is 2.06. The molecule has 2 aromatic rings. The molecule has 0 saturated carbocycles. The number of benzene rings is 2. The normalized spacial score (nSPS) is 9.71. The number of rotatable bonds is 2. The fourth-order valence-electron chi connectivity index (χ4n) is 1.35. The molecule has 0 aromatic heterocycles. The van der Waals surface area contributed by atoms with Crippen molar-refractivity contribution in [1.82, 2.24) is 0 Å². The van der Waals surface area contributed by atoms with Gasteiger partial charge in [-0.1, -0.05) is 60.7 Å². The maximum atomic E-state index is 11.8. The van der Waals surface area contributed by atoms with Gasteiger partial charge in [0.2, 0.25) is 0 Å². The zero-order valence-electron chi connectivity index (χ0n) is 7.68. The van der Waals surface area contributed by atoms with Gasteiger partial charge < -0.3 is 0 Å². The molecule has 1 nitrogen and oxygen atoms in total. The van der Waals surface area contributed by atoms with Crippen LogP contribution < -0.4 is 0 Å². The molecule has 0 aliphatic rings. The van der Waals surface area contributed by atoms with Crippen LogP contribution in [0.15, 0.2) is 60.7 Å². The smallest absolute Gasteiger partial charge is 0.193 e. The maximum absolute atomic E-state index is 11.8. The molecule has 0 amide bonds. The number of carbonyl (C=O) groups is 1. The fourth-order valence-corrected chi connectivity index (χ4v) is 1.35. The van der Waals surface area contributed by atoms with E-state index in [4.69, 9.17) is 0 Å². The molecule has 0 aliphatic carbocycles. The van der Waals surface area contributed by atoms with E-state index in [0.717, 1.165) is 11.1 Å². The quantitative estimate of drug-likeness (QED) is 0.655. The van der Waals surface area contributed by atoms with E-state index in [0.29, 0.717) is 0 Å². The first-order chi connectivity index (χ1) is 6.88. The molecule has 2 rings (SSSR count). The minimum Gasteiger partial charge on any atom is -0.289 e. The second kappa shape index (κ2) is 3.88. The SMILES string of the molecule is O=C(c1ccccc1)c1ccccc1.[HH]. The van der Waals surface area contributed by atoms with Crippen molar-refractivity contribution in [1.29, 1.82) is 0 Å². The van der Waals surface area contributed by atoms with E-state index in [1.165, 1.54) is 0 Å². The summed E-state index contributed by atoms with van der Waals surface area (Å²) in [5.41, 5.74) is 1.47. The van der Waals surface area contributed by atoms with Gasteiger partial charge in [0.05, 0.1) is 0 Å². The van der Waals surface area contributed by atoms with Gasteiger partial charge in [-0.15, -0.1) is 0 Å². The molecular weight excluding hydrogens is 172 g/mol. The van der Waals surface area contributed by atoms with Crippen LogP contribution in [0, 0.1) is 0 Å². The van der Waals surface area contributed by atoms with Gasteiger partial charge in [-0.05, 0) is 0 Å². The predicted octanol–water partition coefficient (Wildman–Crippen LogP) is 3.16. The van der Waals surface area contributed by atoms with Crippen molar-refractivity contribution < 1.29 is 6.22 Å². The van der Waals surface area contributed by atoms with Crippen molar-refractivity contribution in [2.75, 3.05) is 0 Å². The van der Waals surface area contributed by atoms with Gasteiger partial charge in [-0.3, -0.25) is 4.79 Å². The van der Waals surface area contributed by atoms with Crippen molar-refractivity contribution in [3.05, 3.63) is 71.8 Å². The van der Waals surface area contributed by atoms with Crippen molar-refractivity contribution >= 4 is 5.78 Å². The van der Waals surface area contributed by atoms with E-state index in [1.54, 1.807) is 0 Å². The minimum atomic E-state index is 0. The van der Waals surface area contributed by atoms with Crippen molar-refractivity contribution in [3.8, 4) is 0 Å². The molecule has 1 heteroatoms. The summed E-state index contributed by atoms with van der Waals surface area (Å²) in [5.74, 6) is 0.0752. The van der Waals surface area contributed by atoms with Crippen LogP contribution in [-0.4, -0.2) is 5.78 Å². The molecule has 0 fully saturated rings. The van der Waals surface area contributed by atoms with Crippen LogP contribution in [0.4, 0.5) is 0 Å². The maximum Gasteiger partial charge on any atom is 0.193 e. The molecule has 0 unspecified atom stereocenters. The highest BCUT2D eigenvalue weighted by molar-refractivity contribution is 6.08. The van der Waals surface area contributed by atoms with E-state index in [9.17, 15) is 4.79 Å².